The summed E-state index contributed by atoms with van der Waals surface area (Å²) in [7, 11) is -2.50. The highest BCUT2D eigenvalue weighted by Gasteiger charge is 2.26. The highest BCUT2D eigenvalue weighted by molar-refractivity contribution is 7.89. The standard InChI is InChI=1S/C19H23ClN2O4S/c1-12-10-14(20)7-8-15(12)21-18(23)13-6-9-16(26-5)17(11-13)27(24,25)22-19(2,3)4/h6-11,22H,1-5H3,(H,21,23). The van der Waals surface area contributed by atoms with Crippen LogP contribution in [-0.4, -0.2) is 27.0 Å². The Bertz CT molecular complexity index is 966. The first-order chi connectivity index (χ1) is 12.4. The molecule has 0 aliphatic heterocycles. The van der Waals surface area contributed by atoms with Gasteiger partial charge in [0.1, 0.15) is 10.6 Å². The van der Waals surface area contributed by atoms with E-state index in [1.165, 1.54) is 25.3 Å². The van der Waals surface area contributed by atoms with Gasteiger partial charge in [0, 0.05) is 21.8 Å². The monoisotopic (exact) mass is 410 g/mol. The van der Waals surface area contributed by atoms with Crippen LogP contribution in [0.25, 0.3) is 0 Å². The second kappa shape index (κ2) is 7.88. The van der Waals surface area contributed by atoms with Crippen molar-refractivity contribution in [3.63, 3.8) is 0 Å². The number of benzene rings is 2. The number of methoxy groups -OCH3 is 1. The summed E-state index contributed by atoms with van der Waals surface area (Å²) in [6.07, 6.45) is 0. The Hall–Kier alpha value is -2.09. The maximum atomic E-state index is 12.7. The van der Waals surface area contributed by atoms with Gasteiger partial charge in [-0.2, -0.15) is 0 Å². The second-order valence-electron chi connectivity index (χ2n) is 7.13. The molecule has 0 unspecified atom stereocenters. The number of halogens is 1. The van der Waals surface area contributed by atoms with Crippen LogP contribution in [-0.2, 0) is 10.0 Å². The van der Waals surface area contributed by atoms with E-state index in [2.05, 4.69) is 10.0 Å². The topological polar surface area (TPSA) is 84.5 Å². The Balaban J connectivity index is 2.40. The molecular formula is C19H23ClN2O4S. The molecule has 2 N–H and O–H groups in total. The smallest absolute Gasteiger partial charge is 0.255 e. The van der Waals surface area contributed by atoms with Crippen molar-refractivity contribution in [2.75, 3.05) is 12.4 Å². The highest BCUT2D eigenvalue weighted by Crippen LogP contribution is 2.27. The number of carbonyl (C=O) groups excluding carboxylic acids is 1. The van der Waals surface area contributed by atoms with Gasteiger partial charge in [0.2, 0.25) is 10.0 Å². The lowest BCUT2D eigenvalue weighted by Gasteiger charge is -2.21. The number of nitrogens with one attached hydrogen (secondary N) is 2. The molecule has 0 saturated carbocycles. The average Bonchev–Trinajstić information content (AvgIpc) is 2.54. The third kappa shape index (κ3) is 5.45. The van der Waals surface area contributed by atoms with Crippen molar-refractivity contribution in [2.45, 2.75) is 38.1 Å². The lowest BCUT2D eigenvalue weighted by molar-refractivity contribution is 0.102. The first kappa shape index (κ1) is 21.2. The molecule has 0 spiro atoms. The minimum absolute atomic E-state index is 0.0968. The summed E-state index contributed by atoms with van der Waals surface area (Å²) in [4.78, 5) is 12.5. The third-order valence-electron chi connectivity index (χ3n) is 3.59. The van der Waals surface area contributed by atoms with E-state index in [1.54, 1.807) is 39.0 Å². The van der Waals surface area contributed by atoms with Crippen LogP contribution in [0.1, 0.15) is 36.7 Å². The van der Waals surface area contributed by atoms with Gasteiger partial charge in [-0.3, -0.25) is 4.79 Å². The lowest BCUT2D eigenvalue weighted by Crippen LogP contribution is -2.40. The van der Waals surface area contributed by atoms with Crippen LogP contribution in [0.4, 0.5) is 5.69 Å². The molecule has 2 aromatic rings. The lowest BCUT2D eigenvalue weighted by atomic mass is 10.1. The maximum absolute atomic E-state index is 12.7. The van der Waals surface area contributed by atoms with E-state index in [-0.39, 0.29) is 16.2 Å². The Morgan fingerprint density at radius 3 is 2.33 bits per heavy atom. The van der Waals surface area contributed by atoms with Gasteiger partial charge >= 0.3 is 0 Å². The van der Waals surface area contributed by atoms with Gasteiger partial charge in [0.15, 0.2) is 0 Å². The van der Waals surface area contributed by atoms with Gasteiger partial charge in [-0.1, -0.05) is 11.6 Å². The fourth-order valence-corrected chi connectivity index (χ4v) is 4.29. The largest absolute Gasteiger partial charge is 0.495 e. The molecule has 8 heteroatoms. The molecule has 6 nitrogen and oxygen atoms in total. The molecule has 0 aliphatic rings. The van der Waals surface area contributed by atoms with E-state index in [1.807, 2.05) is 6.92 Å². The summed E-state index contributed by atoms with van der Waals surface area (Å²) >= 11 is 5.93. The molecular weight excluding hydrogens is 388 g/mol. The molecule has 0 saturated heterocycles. The number of carbonyl (C=O) groups is 1. The SMILES string of the molecule is COc1ccc(C(=O)Nc2ccc(Cl)cc2C)cc1S(=O)(=O)NC(C)(C)C. The van der Waals surface area contributed by atoms with Crippen molar-refractivity contribution < 1.29 is 17.9 Å². The zero-order chi connectivity index (χ0) is 20.4. The first-order valence-electron chi connectivity index (χ1n) is 8.22. The van der Waals surface area contributed by atoms with Crippen molar-refractivity contribution in [3.05, 3.63) is 52.5 Å². The molecule has 2 rings (SSSR count). The number of anilines is 1. The fourth-order valence-electron chi connectivity index (χ4n) is 2.45. The Kier molecular flexibility index (Phi) is 6.19. The van der Waals surface area contributed by atoms with E-state index >= 15 is 0 Å². The van der Waals surface area contributed by atoms with Gasteiger partial charge < -0.3 is 10.1 Å². The van der Waals surface area contributed by atoms with Crippen molar-refractivity contribution in [1.82, 2.24) is 4.72 Å². The minimum atomic E-state index is -3.88. The van der Waals surface area contributed by atoms with Crippen LogP contribution in [0.3, 0.4) is 0 Å². The second-order valence-corrected chi connectivity index (χ2v) is 9.22. The number of sulfonamides is 1. The van der Waals surface area contributed by atoms with Gasteiger partial charge in [0.05, 0.1) is 7.11 Å². The highest BCUT2D eigenvalue weighted by atomic mass is 35.5. The van der Waals surface area contributed by atoms with Crippen molar-refractivity contribution >= 4 is 33.2 Å². The van der Waals surface area contributed by atoms with Gasteiger partial charge in [-0.15, -0.1) is 0 Å². The summed E-state index contributed by atoms with van der Waals surface area (Å²) < 4.78 is 33.2. The number of hydrogen-bond donors (Lipinski definition) is 2. The Morgan fingerprint density at radius 2 is 1.78 bits per heavy atom. The predicted molar refractivity (Wildman–Crippen MR) is 107 cm³/mol. The zero-order valence-electron chi connectivity index (χ0n) is 15.9. The average molecular weight is 411 g/mol. The molecule has 0 bridgehead atoms. The van der Waals surface area contributed by atoms with E-state index in [0.717, 1.165) is 5.56 Å². The summed E-state index contributed by atoms with van der Waals surface area (Å²) in [5.74, 6) is -0.277. The van der Waals surface area contributed by atoms with Crippen molar-refractivity contribution in [2.24, 2.45) is 0 Å². The number of amides is 1. The maximum Gasteiger partial charge on any atom is 0.255 e. The molecule has 27 heavy (non-hydrogen) atoms. The van der Waals surface area contributed by atoms with Crippen LogP contribution in [0.15, 0.2) is 41.3 Å². The number of ether oxygens (including phenoxy) is 1. The van der Waals surface area contributed by atoms with Gasteiger partial charge in [-0.05, 0) is 69.7 Å². The van der Waals surface area contributed by atoms with Crippen LogP contribution in [0.5, 0.6) is 5.75 Å². The first-order valence-corrected chi connectivity index (χ1v) is 10.1. The Labute approximate surface area is 164 Å². The van der Waals surface area contributed by atoms with Crippen LogP contribution in [0.2, 0.25) is 5.02 Å². The predicted octanol–water partition coefficient (Wildman–Crippen LogP) is 3.99. The van der Waals surface area contributed by atoms with Crippen molar-refractivity contribution in [1.29, 1.82) is 0 Å². The Morgan fingerprint density at radius 1 is 1.11 bits per heavy atom. The fraction of sp³-hybridized carbons (Fsp3) is 0.316. The van der Waals surface area contributed by atoms with Crippen molar-refractivity contribution in [3.8, 4) is 5.75 Å². The molecule has 1 amide bonds. The van der Waals surface area contributed by atoms with E-state index < -0.39 is 21.5 Å². The van der Waals surface area contributed by atoms with Crippen LogP contribution < -0.4 is 14.8 Å². The molecule has 0 heterocycles. The van der Waals surface area contributed by atoms with Gasteiger partial charge in [-0.25, -0.2) is 13.1 Å². The third-order valence-corrected chi connectivity index (χ3v) is 5.61. The summed E-state index contributed by atoms with van der Waals surface area (Å²) in [5.41, 5.74) is 0.909. The van der Waals surface area contributed by atoms with Crippen LogP contribution in [0, 0.1) is 6.92 Å². The molecule has 0 radical (unpaired) electrons. The molecule has 0 atom stereocenters. The number of hydrogen-bond acceptors (Lipinski definition) is 4. The molecule has 0 aliphatic carbocycles. The molecule has 2 aromatic carbocycles. The van der Waals surface area contributed by atoms with Crippen LogP contribution >= 0.6 is 11.6 Å². The summed E-state index contributed by atoms with van der Waals surface area (Å²) in [6, 6.07) is 9.36. The normalized spacial score (nSPS) is 11.9. The quantitative estimate of drug-likeness (QED) is 0.780. The van der Waals surface area contributed by atoms with E-state index in [9.17, 15) is 13.2 Å². The zero-order valence-corrected chi connectivity index (χ0v) is 17.5. The molecule has 0 fully saturated rings. The summed E-state index contributed by atoms with van der Waals surface area (Å²) in [5, 5.41) is 3.33. The van der Waals surface area contributed by atoms with E-state index in [0.29, 0.717) is 10.7 Å². The molecule has 146 valence electrons. The van der Waals surface area contributed by atoms with Gasteiger partial charge in [0.25, 0.3) is 5.91 Å². The summed E-state index contributed by atoms with van der Waals surface area (Å²) in [6.45, 7) is 7.02. The number of rotatable bonds is 5. The number of aryl methyl sites for hydroxylation is 1. The minimum Gasteiger partial charge on any atom is -0.495 e. The molecule has 0 aromatic heterocycles. The van der Waals surface area contributed by atoms with E-state index in [4.69, 9.17) is 16.3 Å².